The Kier molecular flexibility index (Phi) is 7.76. The van der Waals surface area contributed by atoms with Gasteiger partial charge in [0.05, 0.1) is 10.2 Å². The highest BCUT2D eigenvalue weighted by molar-refractivity contribution is 7.23. The van der Waals surface area contributed by atoms with E-state index in [1.54, 1.807) is 22.7 Å². The number of likely N-dealkylation sites (N-methyl/N-ethyl adjacent to an activating group) is 1. The van der Waals surface area contributed by atoms with Crippen LogP contribution in [0, 0.1) is 0 Å². The minimum absolute atomic E-state index is 0.0547. The Hall–Kier alpha value is -2.65. The topological polar surface area (TPSA) is 70.1 Å². The molecule has 36 heavy (non-hydrogen) atoms. The number of nitrogens with zero attached hydrogens (tertiary/aromatic N) is 3. The quantitative estimate of drug-likeness (QED) is 0.276. The number of thiazole rings is 1. The van der Waals surface area contributed by atoms with Crippen LogP contribution in [0.3, 0.4) is 0 Å². The maximum Gasteiger partial charge on any atom is 0.226 e. The molecular formula is C28H33N5OS2. The van der Waals surface area contributed by atoms with Crippen LogP contribution in [0.25, 0.3) is 31.9 Å². The fraction of sp³-hybridized carbons (Fsp3) is 0.393. The van der Waals surface area contributed by atoms with Crippen LogP contribution in [-0.4, -0.2) is 46.5 Å². The molecule has 6 nitrogen and oxygen atoms in total. The summed E-state index contributed by atoms with van der Waals surface area (Å²) in [7, 11) is 0. The molecule has 0 fully saturated rings. The fourth-order valence-electron chi connectivity index (χ4n) is 4.56. The summed E-state index contributed by atoms with van der Waals surface area (Å²) < 4.78 is 1.16. The normalized spacial score (nSPS) is 14.6. The number of carbonyl (C=O) groups excluding carboxylic acids is 1. The molecule has 0 radical (unpaired) electrons. The highest BCUT2D eigenvalue weighted by Gasteiger charge is 2.27. The lowest BCUT2D eigenvalue weighted by Crippen LogP contribution is -2.29. The molecule has 1 unspecified atom stereocenters. The molecule has 1 atom stereocenters. The van der Waals surface area contributed by atoms with Crippen LogP contribution in [0.4, 0.5) is 5.00 Å². The minimum Gasteiger partial charge on any atom is -0.317 e. The number of amides is 1. The zero-order valence-corrected chi connectivity index (χ0v) is 22.8. The van der Waals surface area contributed by atoms with Crippen molar-refractivity contribution < 1.29 is 4.79 Å². The molecule has 5 rings (SSSR count). The molecule has 8 heteroatoms. The van der Waals surface area contributed by atoms with E-state index in [9.17, 15) is 4.79 Å². The SMILES string of the molecule is CCC(C)NCCC(=O)Nc1sc2c(c1-c1nc3cc(-c4ccncc4)ccc3s1)CCN(CC)C2. The molecule has 1 aliphatic heterocycles. The molecule has 1 aromatic carbocycles. The number of hydrogen-bond acceptors (Lipinski definition) is 7. The molecule has 1 amide bonds. The first-order valence-corrected chi connectivity index (χ1v) is 14.4. The van der Waals surface area contributed by atoms with E-state index >= 15 is 0 Å². The Balaban J connectivity index is 1.47. The van der Waals surface area contributed by atoms with Crippen LogP contribution >= 0.6 is 22.7 Å². The molecule has 0 saturated carbocycles. The van der Waals surface area contributed by atoms with Gasteiger partial charge in [-0.3, -0.25) is 14.7 Å². The van der Waals surface area contributed by atoms with Gasteiger partial charge in [-0.2, -0.15) is 0 Å². The molecule has 1 aliphatic rings. The number of thiophene rings is 1. The number of benzene rings is 1. The summed E-state index contributed by atoms with van der Waals surface area (Å²) in [5, 5.41) is 8.61. The third-order valence-electron chi connectivity index (χ3n) is 6.91. The highest BCUT2D eigenvalue weighted by Crippen LogP contribution is 2.46. The molecule has 4 aromatic rings. The highest BCUT2D eigenvalue weighted by atomic mass is 32.1. The molecule has 0 spiro atoms. The summed E-state index contributed by atoms with van der Waals surface area (Å²) in [4.78, 5) is 25.9. The van der Waals surface area contributed by atoms with E-state index in [4.69, 9.17) is 4.98 Å². The van der Waals surface area contributed by atoms with Gasteiger partial charge < -0.3 is 10.6 Å². The lowest BCUT2D eigenvalue weighted by atomic mass is 10.0. The Morgan fingerprint density at radius 2 is 1.97 bits per heavy atom. The Labute approximate surface area is 220 Å². The van der Waals surface area contributed by atoms with E-state index in [0.29, 0.717) is 19.0 Å². The standard InChI is InChI=1S/C28H33N5OS2/c1-4-18(3)30-14-10-25(34)32-28-26(21-11-15-33(5-2)17-24(21)36-28)27-31-22-16-20(6-7-23(22)35-27)19-8-12-29-13-9-19/h6-9,12-13,16,18,30H,4-5,10-11,14-15,17H2,1-3H3,(H,32,34). The first-order chi connectivity index (χ1) is 17.6. The Morgan fingerprint density at radius 1 is 1.14 bits per heavy atom. The van der Waals surface area contributed by atoms with Crippen molar-refractivity contribution in [3.05, 3.63) is 53.2 Å². The van der Waals surface area contributed by atoms with Gasteiger partial charge in [-0.25, -0.2) is 4.98 Å². The lowest BCUT2D eigenvalue weighted by Gasteiger charge is -2.25. The van der Waals surface area contributed by atoms with Crippen LogP contribution in [0.5, 0.6) is 0 Å². The molecule has 188 valence electrons. The van der Waals surface area contributed by atoms with Crippen molar-refractivity contribution in [2.75, 3.05) is 25.0 Å². The molecule has 2 N–H and O–H groups in total. The van der Waals surface area contributed by atoms with E-state index in [1.165, 1.54) is 10.4 Å². The van der Waals surface area contributed by atoms with E-state index in [-0.39, 0.29) is 5.91 Å². The van der Waals surface area contributed by atoms with Gasteiger partial charge in [-0.05, 0) is 67.3 Å². The smallest absolute Gasteiger partial charge is 0.226 e. The van der Waals surface area contributed by atoms with Gasteiger partial charge in [0.2, 0.25) is 5.91 Å². The molecule has 0 bridgehead atoms. The van der Waals surface area contributed by atoms with Crippen LogP contribution in [0.15, 0.2) is 42.7 Å². The lowest BCUT2D eigenvalue weighted by molar-refractivity contribution is -0.116. The second-order valence-corrected chi connectivity index (χ2v) is 11.5. The van der Waals surface area contributed by atoms with Gasteiger partial charge in [-0.1, -0.05) is 19.9 Å². The van der Waals surface area contributed by atoms with E-state index in [1.807, 2.05) is 24.5 Å². The Morgan fingerprint density at radius 3 is 2.75 bits per heavy atom. The van der Waals surface area contributed by atoms with Crippen molar-refractivity contribution in [2.24, 2.45) is 0 Å². The predicted octanol–water partition coefficient (Wildman–Crippen LogP) is 6.18. The Bertz CT molecular complexity index is 1350. The van der Waals surface area contributed by atoms with Crippen molar-refractivity contribution in [1.29, 1.82) is 0 Å². The van der Waals surface area contributed by atoms with E-state index in [0.717, 1.165) is 69.4 Å². The summed E-state index contributed by atoms with van der Waals surface area (Å²) in [6.45, 7) is 10.2. The molecule has 4 heterocycles. The third kappa shape index (κ3) is 5.37. The first kappa shape index (κ1) is 25.0. The van der Waals surface area contributed by atoms with Crippen LogP contribution < -0.4 is 10.6 Å². The molecule has 0 aliphatic carbocycles. The van der Waals surface area contributed by atoms with E-state index < -0.39 is 0 Å². The first-order valence-electron chi connectivity index (χ1n) is 12.8. The molecular weight excluding hydrogens is 486 g/mol. The summed E-state index contributed by atoms with van der Waals surface area (Å²) >= 11 is 3.43. The van der Waals surface area contributed by atoms with Gasteiger partial charge in [0.25, 0.3) is 0 Å². The number of aromatic nitrogens is 2. The number of rotatable bonds is 9. The second kappa shape index (κ2) is 11.2. The van der Waals surface area contributed by atoms with Gasteiger partial charge >= 0.3 is 0 Å². The predicted molar refractivity (Wildman–Crippen MR) is 152 cm³/mol. The number of fused-ring (bicyclic) bond motifs is 2. The average Bonchev–Trinajstić information content (AvgIpc) is 3.48. The number of anilines is 1. The van der Waals surface area contributed by atoms with Crippen molar-refractivity contribution in [1.82, 2.24) is 20.2 Å². The van der Waals surface area contributed by atoms with E-state index in [2.05, 4.69) is 59.5 Å². The zero-order chi connectivity index (χ0) is 25.1. The summed E-state index contributed by atoms with van der Waals surface area (Å²) in [5.74, 6) is 0.0547. The molecule has 0 saturated heterocycles. The van der Waals surface area contributed by atoms with Crippen molar-refractivity contribution >= 4 is 43.8 Å². The van der Waals surface area contributed by atoms with Gasteiger partial charge in [-0.15, -0.1) is 22.7 Å². The number of carbonyl (C=O) groups is 1. The maximum atomic E-state index is 12.9. The number of pyridine rings is 1. The van der Waals surface area contributed by atoms with Crippen molar-refractivity contribution in [2.45, 2.75) is 52.6 Å². The van der Waals surface area contributed by atoms with Gasteiger partial charge in [0, 0.05) is 54.9 Å². The zero-order valence-electron chi connectivity index (χ0n) is 21.1. The monoisotopic (exact) mass is 519 g/mol. The summed E-state index contributed by atoms with van der Waals surface area (Å²) in [5.41, 5.74) is 5.74. The minimum atomic E-state index is 0.0547. The molecule has 3 aromatic heterocycles. The summed E-state index contributed by atoms with van der Waals surface area (Å²) in [6.07, 6.45) is 6.13. The van der Waals surface area contributed by atoms with Gasteiger partial charge in [0.1, 0.15) is 10.0 Å². The van der Waals surface area contributed by atoms with Crippen LogP contribution in [0.1, 0.15) is 44.1 Å². The van der Waals surface area contributed by atoms with Crippen LogP contribution in [-0.2, 0) is 17.8 Å². The summed E-state index contributed by atoms with van der Waals surface area (Å²) in [6, 6.07) is 10.9. The second-order valence-electron chi connectivity index (χ2n) is 9.33. The third-order valence-corrected chi connectivity index (χ3v) is 9.09. The average molecular weight is 520 g/mol. The van der Waals surface area contributed by atoms with Crippen LogP contribution in [0.2, 0.25) is 0 Å². The maximum absolute atomic E-state index is 12.9. The largest absolute Gasteiger partial charge is 0.317 e. The number of hydrogen-bond donors (Lipinski definition) is 2. The number of nitrogens with one attached hydrogen (secondary N) is 2. The fourth-order valence-corrected chi connectivity index (χ4v) is 6.96. The van der Waals surface area contributed by atoms with Gasteiger partial charge in [0.15, 0.2) is 0 Å². The van der Waals surface area contributed by atoms with Crippen molar-refractivity contribution in [3.63, 3.8) is 0 Å². The van der Waals surface area contributed by atoms with Crippen molar-refractivity contribution in [3.8, 4) is 21.7 Å².